The molecule has 0 spiro atoms. The van der Waals surface area contributed by atoms with Gasteiger partial charge in [-0.3, -0.25) is 5.41 Å². The van der Waals surface area contributed by atoms with Crippen LogP contribution < -0.4 is 11.5 Å². The van der Waals surface area contributed by atoms with E-state index in [9.17, 15) is 0 Å². The third-order valence-corrected chi connectivity index (χ3v) is 1.61. The van der Waals surface area contributed by atoms with Gasteiger partial charge >= 0.3 is 0 Å². The molecule has 0 aliphatic heterocycles. The summed E-state index contributed by atoms with van der Waals surface area (Å²) in [6.45, 7) is 0. The molecule has 0 bridgehead atoms. The Hall–Kier alpha value is -0.770. The molecule has 1 rings (SSSR count). The molecule has 5 heteroatoms. The lowest BCUT2D eigenvalue weighted by atomic mass is 10.2. The molecule has 72 valence electrons. The number of benzene rings is 1. The summed E-state index contributed by atoms with van der Waals surface area (Å²) < 4.78 is 0. The summed E-state index contributed by atoms with van der Waals surface area (Å²) in [7, 11) is 1.50. The second-order valence-corrected chi connectivity index (χ2v) is 2.94. The highest BCUT2D eigenvalue weighted by molar-refractivity contribution is 6.35. The Morgan fingerprint density at radius 3 is 1.85 bits per heavy atom. The van der Waals surface area contributed by atoms with E-state index in [1.54, 1.807) is 18.2 Å². The van der Waals surface area contributed by atoms with Crippen molar-refractivity contribution in [3.8, 4) is 0 Å². The summed E-state index contributed by atoms with van der Waals surface area (Å²) in [5.74, 6) is -0.0330. The molecule has 0 amide bonds. The first-order valence-corrected chi connectivity index (χ1v) is 4.23. The molecule has 0 aliphatic rings. The average Bonchev–Trinajstić information content (AvgIpc) is 2.06. The van der Waals surface area contributed by atoms with Crippen LogP contribution in [0.5, 0.6) is 0 Å². The predicted octanol–water partition coefficient (Wildman–Crippen LogP) is 1.85. The van der Waals surface area contributed by atoms with Crippen molar-refractivity contribution in [2.24, 2.45) is 11.5 Å². The molecule has 1 aromatic rings. The number of rotatable bonds is 1. The molecule has 0 fully saturated rings. The molecule has 0 heterocycles. The number of hydrogen-bond donors (Lipinski definition) is 3. The van der Waals surface area contributed by atoms with Crippen LogP contribution in [-0.2, 0) is 0 Å². The molecule has 0 unspecified atom stereocenters. The molecule has 0 radical (unpaired) electrons. The molecule has 0 saturated heterocycles. The Morgan fingerprint density at radius 2 is 1.54 bits per heavy atom. The van der Waals surface area contributed by atoms with Crippen LogP contribution >= 0.6 is 23.2 Å². The smallest absolute Gasteiger partial charge is 0.122 e. The maximum atomic E-state index is 7.09. The highest BCUT2D eigenvalue weighted by atomic mass is 35.5. The highest BCUT2D eigenvalue weighted by Gasteiger charge is 1.99. The van der Waals surface area contributed by atoms with E-state index < -0.39 is 0 Å². The molecular weight excluding hydrogens is 209 g/mol. The molecule has 5 N–H and O–H groups in total. The van der Waals surface area contributed by atoms with E-state index in [-0.39, 0.29) is 5.84 Å². The second-order valence-electron chi connectivity index (χ2n) is 2.07. The Morgan fingerprint density at radius 1 is 1.15 bits per heavy atom. The third kappa shape index (κ3) is 4.12. The van der Waals surface area contributed by atoms with Gasteiger partial charge in [0.25, 0.3) is 0 Å². The fraction of sp³-hybridized carbons (Fsp3) is 0.125. The van der Waals surface area contributed by atoms with Gasteiger partial charge in [-0.2, -0.15) is 0 Å². The fourth-order valence-corrected chi connectivity index (χ4v) is 1.24. The summed E-state index contributed by atoms with van der Waals surface area (Å²) in [6.07, 6.45) is 0. The van der Waals surface area contributed by atoms with Gasteiger partial charge in [-0.1, -0.05) is 23.2 Å². The summed E-state index contributed by atoms with van der Waals surface area (Å²) in [6, 6.07) is 4.78. The van der Waals surface area contributed by atoms with Gasteiger partial charge in [0, 0.05) is 15.6 Å². The number of hydrogen-bond acceptors (Lipinski definition) is 2. The second kappa shape index (κ2) is 5.80. The van der Waals surface area contributed by atoms with E-state index in [0.29, 0.717) is 15.6 Å². The van der Waals surface area contributed by atoms with Crippen LogP contribution in [0.1, 0.15) is 5.56 Å². The number of amidine groups is 1. The van der Waals surface area contributed by atoms with Gasteiger partial charge in [0.05, 0.1) is 0 Å². The quantitative estimate of drug-likeness (QED) is 0.499. The zero-order valence-corrected chi connectivity index (χ0v) is 8.65. The van der Waals surface area contributed by atoms with Gasteiger partial charge < -0.3 is 11.5 Å². The summed E-state index contributed by atoms with van der Waals surface area (Å²) >= 11 is 11.3. The molecule has 0 atom stereocenters. The number of halogens is 2. The molecule has 0 aliphatic carbocycles. The van der Waals surface area contributed by atoms with Crippen molar-refractivity contribution in [1.29, 1.82) is 5.41 Å². The van der Waals surface area contributed by atoms with Crippen molar-refractivity contribution in [3.63, 3.8) is 0 Å². The topological polar surface area (TPSA) is 75.9 Å². The maximum Gasteiger partial charge on any atom is 0.122 e. The van der Waals surface area contributed by atoms with Crippen LogP contribution in [-0.4, -0.2) is 12.9 Å². The minimum atomic E-state index is -0.0330. The van der Waals surface area contributed by atoms with Gasteiger partial charge in [-0.15, -0.1) is 0 Å². The van der Waals surface area contributed by atoms with E-state index in [0.717, 1.165) is 0 Å². The van der Waals surface area contributed by atoms with Crippen LogP contribution in [0.2, 0.25) is 10.0 Å². The lowest BCUT2D eigenvalue weighted by Crippen LogP contribution is -2.10. The van der Waals surface area contributed by atoms with E-state index >= 15 is 0 Å². The predicted molar refractivity (Wildman–Crippen MR) is 57.6 cm³/mol. The van der Waals surface area contributed by atoms with Crippen molar-refractivity contribution >= 4 is 29.0 Å². The van der Waals surface area contributed by atoms with Gasteiger partial charge in [-0.05, 0) is 25.2 Å². The van der Waals surface area contributed by atoms with E-state index in [4.69, 9.17) is 34.3 Å². The number of nitrogens with one attached hydrogen (secondary N) is 1. The zero-order valence-electron chi connectivity index (χ0n) is 7.14. The lowest BCUT2D eigenvalue weighted by Gasteiger charge is -1.98. The highest BCUT2D eigenvalue weighted by Crippen LogP contribution is 2.18. The molecule has 0 saturated carbocycles. The van der Waals surface area contributed by atoms with Crippen LogP contribution in [0.3, 0.4) is 0 Å². The fourth-order valence-electron chi connectivity index (χ4n) is 0.709. The van der Waals surface area contributed by atoms with Gasteiger partial charge in [0.1, 0.15) is 5.84 Å². The van der Waals surface area contributed by atoms with Gasteiger partial charge in [-0.25, -0.2) is 0 Å². The Balaban J connectivity index is 0.000000671. The van der Waals surface area contributed by atoms with E-state index in [1.165, 1.54) is 7.05 Å². The minimum absolute atomic E-state index is 0.0330. The largest absolute Gasteiger partial charge is 0.384 e. The van der Waals surface area contributed by atoms with E-state index in [1.807, 2.05) is 0 Å². The van der Waals surface area contributed by atoms with Crippen LogP contribution in [0.4, 0.5) is 0 Å². The Kier molecular flexibility index (Phi) is 5.46. The molecule has 13 heavy (non-hydrogen) atoms. The molecule has 3 nitrogen and oxygen atoms in total. The van der Waals surface area contributed by atoms with Crippen LogP contribution in [0.15, 0.2) is 18.2 Å². The van der Waals surface area contributed by atoms with Gasteiger partial charge in [0.15, 0.2) is 0 Å². The van der Waals surface area contributed by atoms with Crippen LogP contribution in [0, 0.1) is 5.41 Å². The first-order valence-electron chi connectivity index (χ1n) is 3.48. The lowest BCUT2D eigenvalue weighted by molar-refractivity contribution is 1.42. The first kappa shape index (κ1) is 12.2. The van der Waals surface area contributed by atoms with Crippen molar-refractivity contribution in [2.45, 2.75) is 0 Å². The summed E-state index contributed by atoms with van der Waals surface area (Å²) in [4.78, 5) is 0. The first-order chi connectivity index (χ1) is 6.09. The minimum Gasteiger partial charge on any atom is -0.384 e. The normalized spacial score (nSPS) is 8.62. The van der Waals surface area contributed by atoms with Crippen molar-refractivity contribution in [3.05, 3.63) is 33.8 Å². The standard InChI is InChI=1S/C7H6Cl2N2.CH5N/c8-5-1-4(7(10)11)2-6(9)3-5;1-2/h1-3H,(H3,10,11);2H2,1H3. The van der Waals surface area contributed by atoms with E-state index in [2.05, 4.69) is 5.73 Å². The monoisotopic (exact) mass is 219 g/mol. The van der Waals surface area contributed by atoms with Gasteiger partial charge in [0.2, 0.25) is 0 Å². The van der Waals surface area contributed by atoms with Crippen LogP contribution in [0.25, 0.3) is 0 Å². The number of nitrogen functional groups attached to an aromatic ring is 1. The molecule has 0 aromatic heterocycles. The molecular formula is C8H11Cl2N3. The summed E-state index contributed by atoms with van der Waals surface area (Å²) in [5, 5.41) is 8.07. The Bertz CT molecular complexity index is 279. The van der Waals surface area contributed by atoms with Crippen molar-refractivity contribution in [2.75, 3.05) is 7.05 Å². The summed E-state index contributed by atoms with van der Waals surface area (Å²) in [5.41, 5.74) is 10.3. The van der Waals surface area contributed by atoms with Crippen molar-refractivity contribution < 1.29 is 0 Å². The third-order valence-electron chi connectivity index (χ3n) is 1.17. The number of nitrogens with two attached hydrogens (primary N) is 2. The SMILES string of the molecule is CN.N=C(N)c1cc(Cl)cc(Cl)c1. The van der Waals surface area contributed by atoms with Crippen molar-refractivity contribution in [1.82, 2.24) is 0 Å². The zero-order chi connectivity index (χ0) is 10.4. The molecule has 1 aromatic carbocycles. The Labute approximate surface area is 87.1 Å². The maximum absolute atomic E-state index is 7.09. The average molecular weight is 220 g/mol.